The van der Waals surface area contributed by atoms with Gasteiger partial charge in [-0.3, -0.25) is 4.79 Å². The Balaban J connectivity index is 1.55. The van der Waals surface area contributed by atoms with Gasteiger partial charge in [0.15, 0.2) is 0 Å². The molecule has 1 aromatic carbocycles. The predicted octanol–water partition coefficient (Wildman–Crippen LogP) is 3.31. The van der Waals surface area contributed by atoms with Crippen LogP contribution >= 0.6 is 27.7 Å². The molecule has 24 heavy (non-hydrogen) atoms. The van der Waals surface area contributed by atoms with Crippen molar-refractivity contribution in [2.45, 2.75) is 37.3 Å². The molecule has 3 rings (SSSR count). The zero-order valence-electron chi connectivity index (χ0n) is 13.4. The average Bonchev–Trinajstić information content (AvgIpc) is 2.88. The molecule has 1 fully saturated rings. The Bertz CT molecular complexity index is 667. The zero-order valence-corrected chi connectivity index (χ0v) is 15.8. The minimum Gasteiger partial charge on any atom is -0.343 e. The summed E-state index contributed by atoms with van der Waals surface area (Å²) in [7, 11) is 0. The summed E-state index contributed by atoms with van der Waals surface area (Å²) in [6.07, 6.45) is 5.25. The fourth-order valence-electron chi connectivity index (χ4n) is 2.72. The molecule has 6 nitrogen and oxygen atoms in total. The van der Waals surface area contributed by atoms with Gasteiger partial charge >= 0.3 is 0 Å². The van der Waals surface area contributed by atoms with Crippen molar-refractivity contribution < 1.29 is 4.79 Å². The summed E-state index contributed by atoms with van der Waals surface area (Å²) in [6, 6.07) is 7.81. The highest BCUT2D eigenvalue weighted by Crippen LogP contribution is 2.21. The van der Waals surface area contributed by atoms with Crippen LogP contribution in [0.3, 0.4) is 0 Å². The summed E-state index contributed by atoms with van der Waals surface area (Å²) >= 11 is 4.94. The van der Waals surface area contributed by atoms with Gasteiger partial charge in [-0.2, -0.15) is 4.68 Å². The number of hydrogen-bond donors (Lipinski definition) is 0. The second-order valence-electron chi connectivity index (χ2n) is 5.74. The molecule has 1 saturated heterocycles. The fourth-order valence-corrected chi connectivity index (χ4v) is 3.80. The molecule has 2 heterocycles. The number of amides is 1. The van der Waals surface area contributed by atoms with Crippen LogP contribution in [0.2, 0.25) is 0 Å². The SMILES string of the molecule is O=C(CCSc1nnnn1-c1ccc(Br)cc1)N1CCCCCC1. The van der Waals surface area contributed by atoms with E-state index in [1.165, 1.54) is 24.6 Å². The molecule has 128 valence electrons. The first-order chi connectivity index (χ1) is 11.7. The number of hydrogen-bond acceptors (Lipinski definition) is 5. The van der Waals surface area contributed by atoms with Crippen LogP contribution in [-0.4, -0.2) is 49.9 Å². The summed E-state index contributed by atoms with van der Waals surface area (Å²) in [6.45, 7) is 1.81. The van der Waals surface area contributed by atoms with E-state index in [2.05, 4.69) is 31.5 Å². The Hall–Kier alpha value is -1.41. The molecule has 0 radical (unpaired) electrons. The van der Waals surface area contributed by atoms with Gasteiger partial charge in [0.25, 0.3) is 0 Å². The third kappa shape index (κ3) is 4.57. The first-order valence-electron chi connectivity index (χ1n) is 8.19. The fraction of sp³-hybridized carbons (Fsp3) is 0.500. The largest absolute Gasteiger partial charge is 0.343 e. The molecule has 0 unspecified atom stereocenters. The second kappa shape index (κ2) is 8.62. The van der Waals surface area contributed by atoms with Gasteiger partial charge in [0.1, 0.15) is 0 Å². The molecular weight excluding hydrogens is 390 g/mol. The topological polar surface area (TPSA) is 63.9 Å². The van der Waals surface area contributed by atoms with Gasteiger partial charge < -0.3 is 4.90 Å². The maximum absolute atomic E-state index is 12.3. The Labute approximate surface area is 154 Å². The first kappa shape index (κ1) is 17.4. The monoisotopic (exact) mass is 409 g/mol. The zero-order chi connectivity index (χ0) is 16.8. The summed E-state index contributed by atoms with van der Waals surface area (Å²) in [5, 5.41) is 12.6. The average molecular weight is 410 g/mol. The number of nitrogens with zero attached hydrogens (tertiary/aromatic N) is 5. The van der Waals surface area contributed by atoms with Crippen LogP contribution in [0, 0.1) is 0 Å². The van der Waals surface area contributed by atoms with Gasteiger partial charge in [-0.25, -0.2) is 0 Å². The Kier molecular flexibility index (Phi) is 6.25. The molecule has 8 heteroatoms. The number of rotatable bonds is 5. The Morgan fingerprint density at radius 2 is 1.83 bits per heavy atom. The Morgan fingerprint density at radius 3 is 2.54 bits per heavy atom. The van der Waals surface area contributed by atoms with Crippen LogP contribution in [0.5, 0.6) is 0 Å². The molecule has 2 aromatic rings. The van der Waals surface area contributed by atoms with Crippen molar-refractivity contribution in [1.82, 2.24) is 25.1 Å². The van der Waals surface area contributed by atoms with Crippen LogP contribution in [0.25, 0.3) is 5.69 Å². The van der Waals surface area contributed by atoms with Gasteiger partial charge in [0, 0.05) is 29.7 Å². The first-order valence-corrected chi connectivity index (χ1v) is 9.97. The number of tetrazole rings is 1. The smallest absolute Gasteiger partial charge is 0.223 e. The molecule has 1 aliphatic rings. The molecule has 1 aromatic heterocycles. The lowest BCUT2D eigenvalue weighted by molar-refractivity contribution is -0.130. The van der Waals surface area contributed by atoms with E-state index in [0.29, 0.717) is 17.3 Å². The van der Waals surface area contributed by atoms with E-state index in [0.717, 1.165) is 36.1 Å². The lowest BCUT2D eigenvalue weighted by Gasteiger charge is -2.19. The quantitative estimate of drug-likeness (QED) is 0.708. The van der Waals surface area contributed by atoms with Crippen LogP contribution < -0.4 is 0 Å². The van der Waals surface area contributed by atoms with Gasteiger partial charge in [0.2, 0.25) is 11.1 Å². The van der Waals surface area contributed by atoms with E-state index in [1.54, 1.807) is 4.68 Å². The van der Waals surface area contributed by atoms with Crippen molar-refractivity contribution in [3.8, 4) is 5.69 Å². The van der Waals surface area contributed by atoms with E-state index >= 15 is 0 Å². The highest BCUT2D eigenvalue weighted by molar-refractivity contribution is 9.10. The normalized spacial score (nSPS) is 15.3. The van der Waals surface area contributed by atoms with Crippen molar-refractivity contribution in [2.24, 2.45) is 0 Å². The maximum Gasteiger partial charge on any atom is 0.223 e. The van der Waals surface area contributed by atoms with Crippen LogP contribution in [0.4, 0.5) is 0 Å². The predicted molar refractivity (Wildman–Crippen MR) is 97.2 cm³/mol. The van der Waals surface area contributed by atoms with Crippen molar-refractivity contribution in [1.29, 1.82) is 0 Å². The summed E-state index contributed by atoms with van der Waals surface area (Å²) in [5.74, 6) is 0.929. The lowest BCUT2D eigenvalue weighted by atomic mass is 10.2. The molecule has 0 aliphatic carbocycles. The third-order valence-electron chi connectivity index (χ3n) is 4.02. The minimum atomic E-state index is 0.243. The molecule has 0 bridgehead atoms. The number of aromatic nitrogens is 4. The summed E-state index contributed by atoms with van der Waals surface area (Å²) in [4.78, 5) is 14.3. The van der Waals surface area contributed by atoms with Gasteiger partial charge in [0.05, 0.1) is 5.69 Å². The number of carbonyl (C=O) groups is 1. The molecule has 1 amide bonds. The molecule has 0 N–H and O–H groups in total. The third-order valence-corrected chi connectivity index (χ3v) is 5.47. The number of likely N-dealkylation sites (tertiary alicyclic amines) is 1. The number of benzene rings is 1. The van der Waals surface area contributed by atoms with Gasteiger partial charge in [-0.15, -0.1) is 5.10 Å². The molecule has 0 spiro atoms. The van der Waals surface area contributed by atoms with Crippen molar-refractivity contribution in [2.75, 3.05) is 18.8 Å². The van der Waals surface area contributed by atoms with Crippen LogP contribution in [0.1, 0.15) is 32.1 Å². The molecule has 1 aliphatic heterocycles. The molecule has 0 saturated carbocycles. The van der Waals surface area contributed by atoms with Gasteiger partial charge in [-0.05, 0) is 47.5 Å². The number of halogens is 1. The molecule has 0 atom stereocenters. The number of thioether (sulfide) groups is 1. The van der Waals surface area contributed by atoms with E-state index in [1.807, 2.05) is 29.2 Å². The lowest BCUT2D eigenvalue weighted by Crippen LogP contribution is -2.31. The van der Waals surface area contributed by atoms with E-state index in [4.69, 9.17) is 0 Å². The number of carbonyl (C=O) groups excluding carboxylic acids is 1. The van der Waals surface area contributed by atoms with Crippen molar-refractivity contribution >= 4 is 33.6 Å². The molecular formula is C16H20BrN5OS. The van der Waals surface area contributed by atoms with Crippen LogP contribution in [0.15, 0.2) is 33.9 Å². The van der Waals surface area contributed by atoms with Gasteiger partial charge in [-0.1, -0.05) is 40.5 Å². The maximum atomic E-state index is 12.3. The summed E-state index contributed by atoms with van der Waals surface area (Å²) in [5.41, 5.74) is 0.907. The van der Waals surface area contributed by atoms with Crippen LogP contribution in [-0.2, 0) is 4.79 Å². The minimum absolute atomic E-state index is 0.243. The summed E-state index contributed by atoms with van der Waals surface area (Å²) < 4.78 is 2.71. The van der Waals surface area contributed by atoms with E-state index in [9.17, 15) is 4.79 Å². The van der Waals surface area contributed by atoms with E-state index in [-0.39, 0.29) is 5.91 Å². The highest BCUT2D eigenvalue weighted by atomic mass is 79.9. The highest BCUT2D eigenvalue weighted by Gasteiger charge is 2.16. The standard InChI is InChI=1S/C16H20BrN5OS/c17-13-5-7-14(8-6-13)22-16(18-19-20-22)24-12-9-15(23)21-10-3-1-2-4-11-21/h5-8H,1-4,9-12H2. The Morgan fingerprint density at radius 1 is 1.12 bits per heavy atom. The van der Waals surface area contributed by atoms with E-state index < -0.39 is 0 Å². The van der Waals surface area contributed by atoms with Crippen molar-refractivity contribution in [3.63, 3.8) is 0 Å². The second-order valence-corrected chi connectivity index (χ2v) is 7.72. The van der Waals surface area contributed by atoms with Crippen molar-refractivity contribution in [3.05, 3.63) is 28.7 Å².